The summed E-state index contributed by atoms with van der Waals surface area (Å²) in [4.78, 5) is 15.1. The molecule has 0 bridgehead atoms. The van der Waals surface area contributed by atoms with Crippen molar-refractivity contribution in [2.24, 2.45) is 4.99 Å². The number of carbonyl (C=O) groups is 1. The topological polar surface area (TPSA) is 38.7 Å². The van der Waals surface area contributed by atoms with Crippen molar-refractivity contribution in [1.82, 2.24) is 0 Å². The predicted molar refractivity (Wildman–Crippen MR) is 63.1 cm³/mol. The molecule has 1 aliphatic heterocycles. The van der Waals surface area contributed by atoms with Crippen molar-refractivity contribution in [2.75, 3.05) is 25.2 Å². The van der Waals surface area contributed by atoms with Crippen LogP contribution in [0.2, 0.25) is 0 Å². The number of esters is 1. The van der Waals surface area contributed by atoms with Gasteiger partial charge in [-0.05, 0) is 12.8 Å². The van der Waals surface area contributed by atoms with Crippen LogP contribution >= 0.6 is 23.5 Å². The highest BCUT2D eigenvalue weighted by Gasteiger charge is 2.07. The monoisotopic (exact) mass is 233 g/mol. The third-order valence-electron chi connectivity index (χ3n) is 1.79. The first-order valence-electron chi connectivity index (χ1n) is 4.70. The summed E-state index contributed by atoms with van der Waals surface area (Å²) in [6.45, 7) is 0.967. The van der Waals surface area contributed by atoms with Gasteiger partial charge in [0, 0.05) is 17.9 Å². The van der Waals surface area contributed by atoms with E-state index in [9.17, 15) is 4.79 Å². The minimum absolute atomic E-state index is 0.109. The second-order valence-corrected chi connectivity index (χ2v) is 5.30. The van der Waals surface area contributed by atoms with Gasteiger partial charge in [0.1, 0.15) is 4.38 Å². The third kappa shape index (κ3) is 4.91. The Morgan fingerprint density at radius 2 is 2.50 bits per heavy atom. The highest BCUT2D eigenvalue weighted by atomic mass is 32.2. The molecule has 5 heteroatoms. The maximum absolute atomic E-state index is 10.8. The minimum Gasteiger partial charge on any atom is -0.469 e. The van der Waals surface area contributed by atoms with Crippen LogP contribution in [-0.2, 0) is 9.53 Å². The Balaban J connectivity index is 1.91. The van der Waals surface area contributed by atoms with Gasteiger partial charge in [0.05, 0.1) is 13.7 Å². The van der Waals surface area contributed by atoms with Crippen molar-refractivity contribution in [2.45, 2.75) is 19.3 Å². The highest BCUT2D eigenvalue weighted by Crippen LogP contribution is 2.22. The molecule has 1 heterocycles. The Labute approximate surface area is 93.1 Å². The fraction of sp³-hybridized carbons (Fsp3) is 0.778. The molecule has 0 radical (unpaired) electrons. The molecule has 1 aliphatic rings. The van der Waals surface area contributed by atoms with Crippen LogP contribution in [0.3, 0.4) is 0 Å². The van der Waals surface area contributed by atoms with Crippen molar-refractivity contribution in [3.05, 3.63) is 0 Å². The maximum Gasteiger partial charge on any atom is 0.305 e. The first kappa shape index (κ1) is 11.9. The second kappa shape index (κ2) is 7.17. The van der Waals surface area contributed by atoms with Crippen molar-refractivity contribution in [1.29, 1.82) is 0 Å². The Kier molecular flexibility index (Phi) is 6.10. The van der Waals surface area contributed by atoms with Gasteiger partial charge in [-0.15, -0.1) is 0 Å². The average molecular weight is 233 g/mol. The van der Waals surface area contributed by atoms with Crippen LogP contribution in [0.1, 0.15) is 19.3 Å². The second-order valence-electron chi connectivity index (χ2n) is 2.88. The Bertz CT molecular complexity index is 219. The lowest BCUT2D eigenvalue weighted by Gasteiger charge is -2.00. The number of nitrogens with zero attached hydrogens (tertiary/aromatic N) is 1. The number of ether oxygens (including phenoxy) is 1. The molecule has 0 aromatic rings. The van der Waals surface area contributed by atoms with Gasteiger partial charge in [0.15, 0.2) is 0 Å². The number of rotatable bonds is 5. The van der Waals surface area contributed by atoms with Gasteiger partial charge >= 0.3 is 5.97 Å². The smallest absolute Gasteiger partial charge is 0.305 e. The lowest BCUT2D eigenvalue weighted by Crippen LogP contribution is -1.99. The standard InChI is InChI=1S/C9H15NO2S2/c1-12-8(11)4-2-3-6-13-9-10-5-7-14-9/h2-7H2,1H3. The quantitative estimate of drug-likeness (QED) is 0.539. The number of aliphatic imine (C=N–C) groups is 1. The Hall–Kier alpha value is -0.160. The molecule has 0 saturated heterocycles. The van der Waals surface area contributed by atoms with E-state index in [2.05, 4.69) is 9.73 Å². The summed E-state index contributed by atoms with van der Waals surface area (Å²) in [7, 11) is 1.43. The number of unbranched alkanes of at least 4 members (excludes halogenated alkanes) is 1. The largest absolute Gasteiger partial charge is 0.469 e. The van der Waals surface area contributed by atoms with Gasteiger partial charge in [-0.2, -0.15) is 0 Å². The summed E-state index contributed by atoms with van der Waals surface area (Å²) < 4.78 is 5.77. The van der Waals surface area contributed by atoms with E-state index in [1.165, 1.54) is 11.5 Å². The molecule has 0 N–H and O–H groups in total. The third-order valence-corrected chi connectivity index (χ3v) is 4.12. The van der Waals surface area contributed by atoms with E-state index in [0.717, 1.165) is 30.9 Å². The molecule has 0 amide bonds. The molecule has 0 saturated carbocycles. The summed E-state index contributed by atoms with van der Waals surface area (Å²) in [5.41, 5.74) is 0. The SMILES string of the molecule is COC(=O)CCCCSC1=NCCS1. The first-order valence-corrected chi connectivity index (χ1v) is 6.67. The Morgan fingerprint density at radius 3 is 3.14 bits per heavy atom. The molecular weight excluding hydrogens is 218 g/mol. The molecule has 80 valence electrons. The van der Waals surface area contributed by atoms with Gasteiger partial charge in [-0.1, -0.05) is 23.5 Å². The zero-order chi connectivity index (χ0) is 10.2. The lowest BCUT2D eigenvalue weighted by molar-refractivity contribution is -0.140. The maximum atomic E-state index is 10.8. The van der Waals surface area contributed by atoms with Gasteiger partial charge in [0.2, 0.25) is 0 Å². The van der Waals surface area contributed by atoms with Gasteiger partial charge < -0.3 is 4.74 Å². The fourth-order valence-electron chi connectivity index (χ4n) is 1.04. The summed E-state index contributed by atoms with van der Waals surface area (Å²) in [5, 5.41) is 0. The van der Waals surface area contributed by atoms with E-state index in [1.807, 2.05) is 11.8 Å². The molecule has 3 nitrogen and oxygen atoms in total. The normalized spacial score (nSPS) is 15.4. The molecular formula is C9H15NO2S2. The van der Waals surface area contributed by atoms with Crippen molar-refractivity contribution < 1.29 is 9.53 Å². The van der Waals surface area contributed by atoms with E-state index in [1.54, 1.807) is 11.8 Å². The molecule has 0 aliphatic carbocycles. The molecule has 0 aromatic heterocycles. The van der Waals surface area contributed by atoms with E-state index >= 15 is 0 Å². The molecule has 1 rings (SSSR count). The molecule has 0 fully saturated rings. The molecule has 0 aromatic carbocycles. The van der Waals surface area contributed by atoms with E-state index < -0.39 is 0 Å². The van der Waals surface area contributed by atoms with Gasteiger partial charge in [0.25, 0.3) is 0 Å². The van der Waals surface area contributed by atoms with Crippen molar-refractivity contribution >= 4 is 33.9 Å². The molecule has 0 unspecified atom stereocenters. The predicted octanol–water partition coefficient (Wildman–Crippen LogP) is 2.17. The number of hydrogen-bond acceptors (Lipinski definition) is 5. The van der Waals surface area contributed by atoms with Gasteiger partial charge in [-0.3, -0.25) is 9.79 Å². The molecule has 0 atom stereocenters. The summed E-state index contributed by atoms with van der Waals surface area (Å²) >= 11 is 3.64. The zero-order valence-corrected chi connectivity index (χ0v) is 9.96. The number of methoxy groups -OCH3 is 1. The van der Waals surface area contributed by atoms with Crippen LogP contribution in [-0.4, -0.2) is 35.5 Å². The summed E-state index contributed by atoms with van der Waals surface area (Å²) in [5.74, 6) is 2.08. The van der Waals surface area contributed by atoms with Crippen LogP contribution in [0.25, 0.3) is 0 Å². The van der Waals surface area contributed by atoms with Crippen molar-refractivity contribution in [3.63, 3.8) is 0 Å². The number of carbonyl (C=O) groups excluding carboxylic acids is 1. The van der Waals surface area contributed by atoms with E-state index in [4.69, 9.17) is 0 Å². The average Bonchev–Trinajstić information content (AvgIpc) is 2.69. The van der Waals surface area contributed by atoms with E-state index in [0.29, 0.717) is 6.42 Å². The number of hydrogen-bond donors (Lipinski definition) is 0. The zero-order valence-electron chi connectivity index (χ0n) is 8.32. The van der Waals surface area contributed by atoms with Crippen LogP contribution < -0.4 is 0 Å². The first-order chi connectivity index (χ1) is 6.83. The van der Waals surface area contributed by atoms with Crippen molar-refractivity contribution in [3.8, 4) is 0 Å². The summed E-state index contributed by atoms with van der Waals surface area (Å²) in [6.07, 6.45) is 2.51. The lowest BCUT2D eigenvalue weighted by atomic mass is 10.2. The van der Waals surface area contributed by atoms with E-state index in [-0.39, 0.29) is 5.97 Å². The van der Waals surface area contributed by atoms with Crippen LogP contribution in [0.4, 0.5) is 0 Å². The van der Waals surface area contributed by atoms with Gasteiger partial charge in [-0.25, -0.2) is 0 Å². The van der Waals surface area contributed by atoms with Crippen LogP contribution in [0.15, 0.2) is 4.99 Å². The Morgan fingerprint density at radius 1 is 1.64 bits per heavy atom. The fourth-order valence-corrected chi connectivity index (χ4v) is 3.11. The summed E-state index contributed by atoms with van der Waals surface area (Å²) in [6, 6.07) is 0. The van der Waals surface area contributed by atoms with Crippen LogP contribution in [0, 0.1) is 0 Å². The minimum atomic E-state index is -0.109. The molecule has 14 heavy (non-hydrogen) atoms. The highest BCUT2D eigenvalue weighted by molar-refractivity contribution is 8.39. The molecule has 0 spiro atoms. The number of thioether (sulfide) groups is 2. The van der Waals surface area contributed by atoms with Crippen LogP contribution in [0.5, 0.6) is 0 Å².